The van der Waals surface area contributed by atoms with E-state index in [1.807, 2.05) is 6.92 Å². The Labute approximate surface area is 52.4 Å². The lowest BCUT2D eigenvalue weighted by atomic mass is 9.86. The van der Waals surface area contributed by atoms with Gasteiger partial charge in [0.25, 0.3) is 0 Å². The zero-order valence-electron chi connectivity index (χ0n) is 5.94. The molecule has 0 aromatic rings. The average molecular weight is 111 g/mol. The van der Waals surface area contributed by atoms with Crippen LogP contribution in [-0.4, -0.2) is 7.85 Å². The second kappa shape index (κ2) is 3.59. The predicted molar refractivity (Wildman–Crippen MR) is 40.5 cm³/mol. The van der Waals surface area contributed by atoms with Crippen LogP contribution in [-0.2, 0) is 0 Å². The number of rotatable bonds is 2. The maximum atomic E-state index is 5.40. The van der Waals surface area contributed by atoms with E-state index in [9.17, 15) is 0 Å². The highest BCUT2D eigenvalue weighted by atomic mass is 14.5. The summed E-state index contributed by atoms with van der Waals surface area (Å²) < 4.78 is 0. The van der Waals surface area contributed by atoms with Crippen LogP contribution in [0.3, 0.4) is 0 Å². The quantitative estimate of drug-likeness (QED) is 0.521. The van der Waals surface area contributed by atoms with Crippen LogP contribution in [0.2, 0.25) is 5.82 Å². The van der Waals surface area contributed by atoms with Crippen LogP contribution >= 0.6 is 0 Å². The van der Waals surface area contributed by atoms with Gasteiger partial charge in [-0.2, -0.15) is 0 Å². The molecule has 0 saturated heterocycles. The molecular weight excluding hydrogens is 96.9 g/mol. The van der Waals surface area contributed by atoms with Crippen molar-refractivity contribution in [2.24, 2.45) is 5.73 Å². The van der Waals surface area contributed by atoms with Gasteiger partial charge in [0, 0.05) is 5.70 Å². The van der Waals surface area contributed by atoms with E-state index in [-0.39, 0.29) is 0 Å². The Bertz CT molecular complexity index is 82.5. The third kappa shape index (κ3) is 5.60. The van der Waals surface area contributed by atoms with E-state index < -0.39 is 0 Å². The second-order valence-electron chi connectivity index (χ2n) is 2.58. The van der Waals surface area contributed by atoms with Crippen molar-refractivity contribution in [3.63, 3.8) is 0 Å². The monoisotopic (exact) mass is 111 g/mol. The molecule has 0 aromatic heterocycles. The molecule has 0 fully saturated rings. The molecule has 0 radical (unpaired) electrons. The SMILES string of the molecule is BC(C)C/C=C(\C)N. The highest BCUT2D eigenvalue weighted by Gasteiger charge is 1.87. The lowest BCUT2D eigenvalue weighted by Gasteiger charge is -1.96. The van der Waals surface area contributed by atoms with Gasteiger partial charge in [-0.25, -0.2) is 0 Å². The lowest BCUT2D eigenvalue weighted by Crippen LogP contribution is -1.91. The number of hydrogen-bond acceptors (Lipinski definition) is 1. The molecule has 0 rings (SSSR count). The van der Waals surface area contributed by atoms with Gasteiger partial charge in [0.15, 0.2) is 0 Å². The van der Waals surface area contributed by atoms with E-state index in [4.69, 9.17) is 5.73 Å². The molecule has 0 aliphatic heterocycles. The summed E-state index contributed by atoms with van der Waals surface area (Å²) in [6.45, 7) is 4.10. The van der Waals surface area contributed by atoms with E-state index in [1.165, 1.54) is 0 Å². The third-order valence-electron chi connectivity index (χ3n) is 0.911. The molecule has 2 heteroatoms. The van der Waals surface area contributed by atoms with Gasteiger partial charge in [0.05, 0.1) is 0 Å². The van der Waals surface area contributed by atoms with E-state index in [0.717, 1.165) is 17.9 Å². The summed E-state index contributed by atoms with van der Waals surface area (Å²) in [6.07, 6.45) is 3.16. The maximum absolute atomic E-state index is 5.40. The van der Waals surface area contributed by atoms with Gasteiger partial charge in [-0.3, -0.25) is 0 Å². The Balaban J connectivity index is 3.29. The molecule has 0 saturated carbocycles. The van der Waals surface area contributed by atoms with Crippen molar-refractivity contribution in [3.8, 4) is 0 Å². The summed E-state index contributed by atoms with van der Waals surface area (Å²) >= 11 is 0. The Morgan fingerprint density at radius 1 is 1.88 bits per heavy atom. The predicted octanol–water partition coefficient (Wildman–Crippen LogP) is 0.680. The number of hydrogen-bond donors (Lipinski definition) is 1. The van der Waals surface area contributed by atoms with Gasteiger partial charge < -0.3 is 5.73 Å². The van der Waals surface area contributed by atoms with Gasteiger partial charge in [0.1, 0.15) is 7.85 Å². The molecule has 0 bridgehead atoms. The van der Waals surface area contributed by atoms with Crippen molar-refractivity contribution < 1.29 is 0 Å². The first kappa shape index (κ1) is 7.60. The highest BCUT2D eigenvalue weighted by molar-refractivity contribution is 6.11. The minimum absolute atomic E-state index is 0.730. The molecule has 0 aromatic carbocycles. The van der Waals surface area contributed by atoms with Crippen LogP contribution in [0.1, 0.15) is 20.3 Å². The Morgan fingerprint density at radius 2 is 2.38 bits per heavy atom. The molecule has 0 amide bonds. The summed E-state index contributed by atoms with van der Waals surface area (Å²) in [4.78, 5) is 0. The van der Waals surface area contributed by atoms with Crippen molar-refractivity contribution in [2.45, 2.75) is 26.1 Å². The van der Waals surface area contributed by atoms with E-state index in [0.29, 0.717) is 0 Å². The summed E-state index contributed by atoms with van der Waals surface area (Å²) in [5.41, 5.74) is 6.33. The largest absolute Gasteiger partial charge is 0.403 e. The molecule has 1 atom stereocenters. The molecule has 1 nitrogen and oxygen atoms in total. The zero-order valence-corrected chi connectivity index (χ0v) is 5.94. The molecule has 2 N–H and O–H groups in total. The first-order valence-corrected chi connectivity index (χ1v) is 3.05. The molecule has 0 heterocycles. The molecule has 8 heavy (non-hydrogen) atoms. The molecule has 1 unspecified atom stereocenters. The molecule has 0 spiro atoms. The molecule has 0 aliphatic carbocycles. The van der Waals surface area contributed by atoms with Crippen LogP contribution < -0.4 is 5.73 Å². The summed E-state index contributed by atoms with van der Waals surface area (Å²) in [5, 5.41) is 0. The topological polar surface area (TPSA) is 26.0 Å². The minimum Gasteiger partial charge on any atom is -0.403 e. The fourth-order valence-electron chi connectivity index (χ4n) is 0.422. The van der Waals surface area contributed by atoms with Crippen molar-refractivity contribution in [1.82, 2.24) is 0 Å². The first-order chi connectivity index (χ1) is 3.63. The Morgan fingerprint density at radius 3 is 2.50 bits per heavy atom. The van der Waals surface area contributed by atoms with Crippen molar-refractivity contribution in [2.75, 3.05) is 0 Å². The summed E-state index contributed by atoms with van der Waals surface area (Å²) in [5.74, 6) is 0.730. The Hall–Kier alpha value is -0.395. The van der Waals surface area contributed by atoms with Gasteiger partial charge in [-0.05, 0) is 13.3 Å². The molecule has 0 aliphatic rings. The van der Waals surface area contributed by atoms with Gasteiger partial charge in [0.2, 0.25) is 0 Å². The van der Waals surface area contributed by atoms with Crippen LogP contribution in [0.15, 0.2) is 11.8 Å². The van der Waals surface area contributed by atoms with E-state index in [1.54, 1.807) is 0 Å². The van der Waals surface area contributed by atoms with Crippen LogP contribution in [0.5, 0.6) is 0 Å². The van der Waals surface area contributed by atoms with E-state index in [2.05, 4.69) is 20.8 Å². The van der Waals surface area contributed by atoms with Crippen molar-refractivity contribution >= 4 is 7.85 Å². The van der Waals surface area contributed by atoms with Gasteiger partial charge >= 0.3 is 0 Å². The fraction of sp³-hybridized carbons (Fsp3) is 0.667. The van der Waals surface area contributed by atoms with Crippen molar-refractivity contribution in [1.29, 1.82) is 0 Å². The van der Waals surface area contributed by atoms with Gasteiger partial charge in [-0.1, -0.05) is 18.8 Å². The van der Waals surface area contributed by atoms with Crippen LogP contribution in [0, 0.1) is 0 Å². The fourth-order valence-corrected chi connectivity index (χ4v) is 0.422. The minimum atomic E-state index is 0.730. The maximum Gasteiger partial charge on any atom is 0.105 e. The van der Waals surface area contributed by atoms with Crippen molar-refractivity contribution in [3.05, 3.63) is 11.8 Å². The van der Waals surface area contributed by atoms with E-state index >= 15 is 0 Å². The normalized spacial score (nSPS) is 16.0. The zero-order chi connectivity index (χ0) is 6.57. The number of allylic oxidation sites excluding steroid dienone is 2. The molecule has 46 valence electrons. The lowest BCUT2D eigenvalue weighted by molar-refractivity contribution is 0.939. The first-order valence-electron chi connectivity index (χ1n) is 3.05. The smallest absolute Gasteiger partial charge is 0.105 e. The summed E-state index contributed by atoms with van der Waals surface area (Å²) in [6, 6.07) is 0. The average Bonchev–Trinajstić information content (AvgIpc) is 1.61. The molecular formula is C6H14BN. The number of nitrogens with two attached hydrogens (primary N) is 1. The second-order valence-corrected chi connectivity index (χ2v) is 2.58. The summed E-state index contributed by atoms with van der Waals surface area (Å²) in [7, 11) is 2.18. The Kier molecular flexibility index (Phi) is 3.41. The highest BCUT2D eigenvalue weighted by Crippen LogP contribution is 2.03. The third-order valence-corrected chi connectivity index (χ3v) is 0.911. The standard InChI is InChI=1S/C6H14BN/c1-5(7)3-4-6(2)8/h4-5H,3,7-8H2,1-2H3/b6-4+. The van der Waals surface area contributed by atoms with Crippen LogP contribution in [0.4, 0.5) is 0 Å². The van der Waals surface area contributed by atoms with Crippen LogP contribution in [0.25, 0.3) is 0 Å². The van der Waals surface area contributed by atoms with Gasteiger partial charge in [-0.15, -0.1) is 0 Å².